The lowest BCUT2D eigenvalue weighted by molar-refractivity contribution is -0.122. The molecule has 1 saturated carbocycles. The Kier molecular flexibility index (Phi) is 6.69. The molecule has 0 aromatic rings. The van der Waals surface area contributed by atoms with E-state index < -0.39 is 0 Å². The summed E-state index contributed by atoms with van der Waals surface area (Å²) >= 11 is 0. The molecule has 18 heavy (non-hydrogen) atoms. The minimum Gasteiger partial charge on any atom is -0.354 e. The summed E-state index contributed by atoms with van der Waals surface area (Å²) in [7, 11) is 0. The van der Waals surface area contributed by atoms with Crippen molar-refractivity contribution in [1.82, 2.24) is 5.32 Å². The molecule has 0 aromatic carbocycles. The van der Waals surface area contributed by atoms with Crippen LogP contribution in [0.5, 0.6) is 0 Å². The first-order chi connectivity index (χ1) is 8.59. The summed E-state index contributed by atoms with van der Waals surface area (Å²) in [5.41, 5.74) is 5.97. The Bertz CT molecular complexity index is 241. The minimum absolute atomic E-state index is 0.193. The van der Waals surface area contributed by atoms with Gasteiger partial charge in [0.05, 0.1) is 0 Å². The van der Waals surface area contributed by atoms with Gasteiger partial charge in [-0.15, -0.1) is 0 Å². The van der Waals surface area contributed by atoms with Crippen LogP contribution in [0.1, 0.15) is 71.6 Å². The van der Waals surface area contributed by atoms with Crippen LogP contribution in [0.25, 0.3) is 0 Å². The molecule has 106 valence electrons. The molecular formula is C15H30N2O. The molecule has 0 bridgehead atoms. The van der Waals surface area contributed by atoms with Crippen LogP contribution < -0.4 is 11.1 Å². The maximum atomic E-state index is 11.9. The lowest BCUT2D eigenvalue weighted by Gasteiger charge is -2.27. The standard InChI is InChI=1S/C15H30N2O/c1-3-15(16,4-2)12-17-14(18)11-13-9-7-5-6-8-10-13/h13H,3-12,16H2,1-2H3,(H,17,18). The second kappa shape index (κ2) is 7.78. The van der Waals surface area contributed by atoms with E-state index in [0.717, 1.165) is 12.8 Å². The zero-order valence-corrected chi connectivity index (χ0v) is 12.1. The number of hydrogen-bond donors (Lipinski definition) is 2. The highest BCUT2D eigenvalue weighted by molar-refractivity contribution is 5.76. The highest BCUT2D eigenvalue weighted by atomic mass is 16.1. The Balaban J connectivity index is 2.28. The van der Waals surface area contributed by atoms with Crippen molar-refractivity contribution in [3.8, 4) is 0 Å². The maximum absolute atomic E-state index is 11.9. The van der Waals surface area contributed by atoms with Crippen molar-refractivity contribution in [2.75, 3.05) is 6.54 Å². The molecule has 0 aromatic heterocycles. The van der Waals surface area contributed by atoms with Gasteiger partial charge >= 0.3 is 0 Å². The van der Waals surface area contributed by atoms with Crippen LogP contribution in [0, 0.1) is 5.92 Å². The van der Waals surface area contributed by atoms with Crippen molar-refractivity contribution >= 4 is 5.91 Å². The molecule has 0 heterocycles. The van der Waals surface area contributed by atoms with E-state index in [4.69, 9.17) is 5.73 Å². The second-order valence-corrected chi connectivity index (χ2v) is 5.91. The third-order valence-corrected chi connectivity index (χ3v) is 4.49. The van der Waals surface area contributed by atoms with Crippen molar-refractivity contribution < 1.29 is 4.79 Å². The predicted molar refractivity (Wildman–Crippen MR) is 76.3 cm³/mol. The van der Waals surface area contributed by atoms with Gasteiger partial charge in [-0.3, -0.25) is 4.79 Å². The fraction of sp³-hybridized carbons (Fsp3) is 0.933. The van der Waals surface area contributed by atoms with Gasteiger partial charge in [0.25, 0.3) is 0 Å². The third kappa shape index (κ3) is 5.38. The molecule has 1 aliphatic rings. The first kappa shape index (κ1) is 15.5. The van der Waals surface area contributed by atoms with Crippen molar-refractivity contribution in [1.29, 1.82) is 0 Å². The van der Waals surface area contributed by atoms with Crippen LogP contribution in [-0.2, 0) is 4.79 Å². The van der Waals surface area contributed by atoms with Crippen LogP contribution in [-0.4, -0.2) is 18.0 Å². The lowest BCUT2D eigenvalue weighted by atomic mass is 9.93. The zero-order valence-electron chi connectivity index (χ0n) is 12.1. The van der Waals surface area contributed by atoms with E-state index in [-0.39, 0.29) is 11.4 Å². The molecule has 3 N–H and O–H groups in total. The average molecular weight is 254 g/mol. The van der Waals surface area contributed by atoms with E-state index in [9.17, 15) is 4.79 Å². The maximum Gasteiger partial charge on any atom is 0.220 e. The number of carbonyl (C=O) groups excluding carboxylic acids is 1. The van der Waals surface area contributed by atoms with Gasteiger partial charge in [-0.2, -0.15) is 0 Å². The first-order valence-corrected chi connectivity index (χ1v) is 7.65. The summed E-state index contributed by atoms with van der Waals surface area (Å²) in [4.78, 5) is 11.9. The number of nitrogens with two attached hydrogens (primary N) is 1. The zero-order chi connectivity index (χ0) is 13.4. The summed E-state index contributed by atoms with van der Waals surface area (Å²) < 4.78 is 0. The van der Waals surface area contributed by atoms with Crippen LogP contribution >= 0.6 is 0 Å². The molecule has 0 aliphatic heterocycles. The molecule has 0 radical (unpaired) electrons. The summed E-state index contributed by atoms with van der Waals surface area (Å²) in [6.07, 6.45) is 10.2. The number of carbonyl (C=O) groups is 1. The monoisotopic (exact) mass is 254 g/mol. The van der Waals surface area contributed by atoms with Crippen LogP contribution in [0.15, 0.2) is 0 Å². The van der Waals surface area contributed by atoms with Gasteiger partial charge in [0, 0.05) is 18.5 Å². The van der Waals surface area contributed by atoms with Gasteiger partial charge in [-0.05, 0) is 31.6 Å². The van der Waals surface area contributed by atoms with E-state index in [1.165, 1.54) is 38.5 Å². The highest BCUT2D eigenvalue weighted by Crippen LogP contribution is 2.25. The van der Waals surface area contributed by atoms with E-state index >= 15 is 0 Å². The second-order valence-electron chi connectivity index (χ2n) is 5.91. The topological polar surface area (TPSA) is 55.1 Å². The Morgan fingerprint density at radius 2 is 1.72 bits per heavy atom. The van der Waals surface area contributed by atoms with E-state index in [0.29, 0.717) is 18.9 Å². The smallest absolute Gasteiger partial charge is 0.220 e. The van der Waals surface area contributed by atoms with Gasteiger partial charge in [-0.1, -0.05) is 39.5 Å². The summed E-state index contributed by atoms with van der Waals surface area (Å²) in [5, 5.41) is 3.03. The Morgan fingerprint density at radius 3 is 2.22 bits per heavy atom. The van der Waals surface area contributed by atoms with Crippen LogP contribution in [0.4, 0.5) is 0 Å². The van der Waals surface area contributed by atoms with Gasteiger partial charge in [0.15, 0.2) is 0 Å². The van der Waals surface area contributed by atoms with E-state index in [1.807, 2.05) is 0 Å². The quantitative estimate of drug-likeness (QED) is 0.716. The van der Waals surface area contributed by atoms with Crippen LogP contribution in [0.2, 0.25) is 0 Å². The largest absolute Gasteiger partial charge is 0.354 e. The molecule has 0 unspecified atom stereocenters. The van der Waals surface area contributed by atoms with Gasteiger partial charge < -0.3 is 11.1 Å². The van der Waals surface area contributed by atoms with E-state index in [2.05, 4.69) is 19.2 Å². The predicted octanol–water partition coefficient (Wildman–Crippen LogP) is 2.98. The third-order valence-electron chi connectivity index (χ3n) is 4.49. The van der Waals surface area contributed by atoms with Gasteiger partial charge in [-0.25, -0.2) is 0 Å². The Labute approximate surface area is 112 Å². The Morgan fingerprint density at radius 1 is 1.17 bits per heavy atom. The van der Waals surface area contributed by atoms with Crippen molar-refractivity contribution in [2.45, 2.75) is 77.2 Å². The molecule has 0 saturated heterocycles. The minimum atomic E-state index is -0.223. The normalized spacial score (nSPS) is 18.4. The number of hydrogen-bond acceptors (Lipinski definition) is 2. The fourth-order valence-electron chi connectivity index (χ4n) is 2.68. The van der Waals surface area contributed by atoms with Crippen LogP contribution in [0.3, 0.4) is 0 Å². The van der Waals surface area contributed by atoms with Crippen molar-refractivity contribution in [3.63, 3.8) is 0 Å². The molecule has 3 heteroatoms. The number of amides is 1. The molecule has 3 nitrogen and oxygen atoms in total. The molecule has 0 spiro atoms. The first-order valence-electron chi connectivity index (χ1n) is 7.65. The Hall–Kier alpha value is -0.570. The van der Waals surface area contributed by atoms with Gasteiger partial charge in [0.2, 0.25) is 5.91 Å². The average Bonchev–Trinajstić information content (AvgIpc) is 2.64. The summed E-state index contributed by atoms with van der Waals surface area (Å²) in [6.45, 7) is 4.79. The SMILES string of the molecule is CCC(N)(CC)CNC(=O)CC1CCCCCC1. The van der Waals surface area contributed by atoms with Crippen molar-refractivity contribution in [3.05, 3.63) is 0 Å². The molecule has 0 atom stereocenters. The molecule has 1 fully saturated rings. The van der Waals surface area contributed by atoms with E-state index in [1.54, 1.807) is 0 Å². The highest BCUT2D eigenvalue weighted by Gasteiger charge is 2.22. The summed E-state index contributed by atoms with van der Waals surface area (Å²) in [6, 6.07) is 0. The fourth-order valence-corrected chi connectivity index (χ4v) is 2.68. The summed E-state index contributed by atoms with van der Waals surface area (Å²) in [5.74, 6) is 0.793. The number of rotatable bonds is 6. The molecular weight excluding hydrogens is 224 g/mol. The molecule has 1 amide bonds. The van der Waals surface area contributed by atoms with Gasteiger partial charge in [0.1, 0.15) is 0 Å². The molecule has 1 aliphatic carbocycles. The number of nitrogens with one attached hydrogen (secondary N) is 1. The van der Waals surface area contributed by atoms with Crippen molar-refractivity contribution in [2.24, 2.45) is 11.7 Å². The molecule has 1 rings (SSSR count). The lowest BCUT2D eigenvalue weighted by Crippen LogP contribution is -2.49.